The van der Waals surface area contributed by atoms with Gasteiger partial charge < -0.3 is 5.32 Å². The largest absolute Gasteiger partial charge is 0.322 e. The monoisotopic (exact) mass is 468 g/mol. The van der Waals surface area contributed by atoms with Gasteiger partial charge in [0.15, 0.2) is 0 Å². The van der Waals surface area contributed by atoms with Crippen molar-refractivity contribution in [1.29, 1.82) is 0 Å². The van der Waals surface area contributed by atoms with Crippen LogP contribution in [0.25, 0.3) is 0 Å². The van der Waals surface area contributed by atoms with E-state index in [0.29, 0.717) is 21.4 Å². The van der Waals surface area contributed by atoms with Crippen LogP contribution in [0, 0.1) is 6.92 Å². The Hall–Kier alpha value is -2.25. The van der Waals surface area contributed by atoms with Crippen molar-refractivity contribution >= 4 is 62.1 Å². The predicted octanol–water partition coefficient (Wildman–Crippen LogP) is 6.01. The maximum absolute atomic E-state index is 12.8. The van der Waals surface area contributed by atoms with E-state index in [-0.39, 0.29) is 15.5 Å². The number of rotatable bonds is 5. The van der Waals surface area contributed by atoms with Gasteiger partial charge in [0.2, 0.25) is 0 Å². The topological polar surface area (TPSA) is 75.3 Å². The van der Waals surface area contributed by atoms with Crippen molar-refractivity contribution in [3.63, 3.8) is 0 Å². The minimum atomic E-state index is -4.01. The fourth-order valence-corrected chi connectivity index (χ4v) is 4.70. The van der Waals surface area contributed by atoms with Crippen LogP contribution in [0.2, 0.25) is 15.1 Å². The van der Waals surface area contributed by atoms with Gasteiger partial charge >= 0.3 is 0 Å². The molecule has 0 atom stereocenters. The van der Waals surface area contributed by atoms with E-state index < -0.39 is 15.9 Å². The Kier molecular flexibility index (Phi) is 6.39. The first-order chi connectivity index (χ1) is 13.6. The number of carbonyl (C=O) groups is 1. The number of carbonyl (C=O) groups excluding carboxylic acids is 1. The zero-order chi connectivity index (χ0) is 21.2. The van der Waals surface area contributed by atoms with E-state index in [9.17, 15) is 13.2 Å². The molecule has 1 amide bonds. The molecule has 0 aliphatic rings. The molecule has 0 saturated heterocycles. The molecule has 0 aromatic heterocycles. The van der Waals surface area contributed by atoms with Gasteiger partial charge in [0.1, 0.15) is 4.90 Å². The van der Waals surface area contributed by atoms with Crippen LogP contribution in [0.15, 0.2) is 65.6 Å². The number of anilines is 2. The van der Waals surface area contributed by atoms with E-state index in [2.05, 4.69) is 10.0 Å². The SMILES string of the molecule is Cc1cccc(NS(=O)(=O)c2cc(C(=O)Nc3cc(Cl)cc(Cl)c3)ccc2Cl)c1. The summed E-state index contributed by atoms with van der Waals surface area (Å²) < 4.78 is 28.1. The van der Waals surface area contributed by atoms with Gasteiger partial charge in [-0.25, -0.2) is 8.42 Å². The average Bonchev–Trinajstić information content (AvgIpc) is 2.60. The van der Waals surface area contributed by atoms with Crippen LogP contribution in [0.5, 0.6) is 0 Å². The van der Waals surface area contributed by atoms with E-state index in [1.165, 1.54) is 36.4 Å². The molecule has 3 aromatic rings. The number of halogens is 3. The molecule has 2 N–H and O–H groups in total. The maximum atomic E-state index is 12.8. The molecule has 0 spiro atoms. The van der Waals surface area contributed by atoms with Gasteiger partial charge in [-0.15, -0.1) is 0 Å². The summed E-state index contributed by atoms with van der Waals surface area (Å²) in [6.45, 7) is 1.85. The molecule has 0 aliphatic carbocycles. The van der Waals surface area contributed by atoms with Crippen LogP contribution in [0.1, 0.15) is 15.9 Å². The fourth-order valence-electron chi connectivity index (χ4n) is 2.60. The van der Waals surface area contributed by atoms with Crippen molar-refractivity contribution in [2.75, 3.05) is 10.0 Å². The van der Waals surface area contributed by atoms with Gasteiger partial charge in [0.25, 0.3) is 15.9 Å². The Labute approximate surface area is 183 Å². The van der Waals surface area contributed by atoms with E-state index in [4.69, 9.17) is 34.8 Å². The second-order valence-electron chi connectivity index (χ2n) is 6.23. The Morgan fingerprint density at radius 3 is 2.21 bits per heavy atom. The number of hydrogen-bond donors (Lipinski definition) is 2. The maximum Gasteiger partial charge on any atom is 0.263 e. The third kappa shape index (κ3) is 5.42. The summed E-state index contributed by atoms with van der Waals surface area (Å²) in [5, 5.41) is 3.33. The smallest absolute Gasteiger partial charge is 0.263 e. The molecule has 150 valence electrons. The quantitative estimate of drug-likeness (QED) is 0.480. The first-order valence-corrected chi connectivity index (χ1v) is 10.9. The van der Waals surface area contributed by atoms with Crippen molar-refractivity contribution < 1.29 is 13.2 Å². The van der Waals surface area contributed by atoms with E-state index in [1.807, 2.05) is 13.0 Å². The van der Waals surface area contributed by atoms with E-state index in [0.717, 1.165) is 5.56 Å². The first kappa shape index (κ1) is 21.5. The minimum Gasteiger partial charge on any atom is -0.322 e. The van der Waals surface area contributed by atoms with Crippen LogP contribution in [0.3, 0.4) is 0 Å². The van der Waals surface area contributed by atoms with E-state index in [1.54, 1.807) is 18.2 Å². The summed E-state index contributed by atoms with van der Waals surface area (Å²) in [6.07, 6.45) is 0. The molecule has 0 unspecified atom stereocenters. The van der Waals surface area contributed by atoms with E-state index >= 15 is 0 Å². The lowest BCUT2D eigenvalue weighted by Crippen LogP contribution is -2.16. The number of benzene rings is 3. The Balaban J connectivity index is 1.89. The molecule has 0 aliphatic heterocycles. The zero-order valence-corrected chi connectivity index (χ0v) is 18.1. The van der Waals surface area contributed by atoms with Gasteiger partial charge in [-0.2, -0.15) is 0 Å². The normalized spacial score (nSPS) is 11.2. The van der Waals surface area contributed by atoms with Crippen molar-refractivity contribution in [1.82, 2.24) is 0 Å². The summed E-state index contributed by atoms with van der Waals surface area (Å²) in [4.78, 5) is 12.4. The number of aryl methyl sites for hydroxylation is 1. The molecular weight excluding hydrogens is 455 g/mol. The summed E-state index contributed by atoms with van der Waals surface area (Å²) in [5.74, 6) is -0.535. The molecule has 0 saturated carbocycles. The molecule has 29 heavy (non-hydrogen) atoms. The van der Waals surface area contributed by atoms with Crippen LogP contribution < -0.4 is 10.0 Å². The van der Waals surface area contributed by atoms with Crippen molar-refractivity contribution in [3.8, 4) is 0 Å². The van der Waals surface area contributed by atoms with Crippen LogP contribution in [-0.4, -0.2) is 14.3 Å². The zero-order valence-electron chi connectivity index (χ0n) is 15.0. The van der Waals surface area contributed by atoms with Gasteiger partial charge in [-0.1, -0.05) is 46.9 Å². The summed E-state index contributed by atoms with van der Waals surface area (Å²) in [5.41, 5.74) is 1.77. The highest BCUT2D eigenvalue weighted by molar-refractivity contribution is 7.92. The molecule has 3 rings (SSSR count). The molecule has 0 radical (unpaired) electrons. The highest BCUT2D eigenvalue weighted by Gasteiger charge is 2.21. The number of nitrogens with one attached hydrogen (secondary N) is 2. The molecule has 0 bridgehead atoms. The lowest BCUT2D eigenvalue weighted by molar-refractivity contribution is 0.102. The lowest BCUT2D eigenvalue weighted by atomic mass is 10.2. The van der Waals surface area contributed by atoms with Crippen LogP contribution in [0.4, 0.5) is 11.4 Å². The predicted molar refractivity (Wildman–Crippen MR) is 118 cm³/mol. The van der Waals surface area contributed by atoms with Gasteiger partial charge in [-0.3, -0.25) is 9.52 Å². The molecule has 3 aromatic carbocycles. The van der Waals surface area contributed by atoms with Crippen molar-refractivity contribution in [2.24, 2.45) is 0 Å². The standard InChI is InChI=1S/C20H15Cl3N2O3S/c1-12-3-2-4-16(7-12)25-29(27,28)19-8-13(5-6-18(19)23)20(26)24-17-10-14(21)9-15(22)11-17/h2-11,25H,1H3,(H,24,26). The van der Waals surface area contributed by atoms with Crippen LogP contribution in [-0.2, 0) is 10.0 Å². The lowest BCUT2D eigenvalue weighted by Gasteiger charge is -2.12. The number of amides is 1. The highest BCUT2D eigenvalue weighted by Crippen LogP contribution is 2.27. The average molecular weight is 470 g/mol. The third-order valence-electron chi connectivity index (χ3n) is 3.87. The second kappa shape index (κ2) is 8.63. The fraction of sp³-hybridized carbons (Fsp3) is 0.0500. The third-order valence-corrected chi connectivity index (χ3v) is 6.17. The summed E-state index contributed by atoms with van der Waals surface area (Å²) in [6, 6.07) is 15.5. The molecule has 0 fully saturated rings. The number of sulfonamides is 1. The second-order valence-corrected chi connectivity index (χ2v) is 9.16. The Bertz CT molecular complexity index is 1180. The summed E-state index contributed by atoms with van der Waals surface area (Å²) >= 11 is 18.0. The van der Waals surface area contributed by atoms with Gasteiger partial charge in [0.05, 0.1) is 5.02 Å². The van der Waals surface area contributed by atoms with Gasteiger partial charge in [-0.05, 0) is 61.0 Å². The van der Waals surface area contributed by atoms with Crippen LogP contribution >= 0.6 is 34.8 Å². The molecule has 9 heteroatoms. The van der Waals surface area contributed by atoms with Crippen molar-refractivity contribution in [2.45, 2.75) is 11.8 Å². The summed E-state index contributed by atoms with van der Waals surface area (Å²) in [7, 11) is -4.01. The Morgan fingerprint density at radius 1 is 0.862 bits per heavy atom. The first-order valence-electron chi connectivity index (χ1n) is 8.30. The molecule has 0 heterocycles. The number of hydrogen-bond acceptors (Lipinski definition) is 3. The highest BCUT2D eigenvalue weighted by atomic mass is 35.5. The Morgan fingerprint density at radius 2 is 1.55 bits per heavy atom. The minimum absolute atomic E-state index is 0.00694. The van der Waals surface area contributed by atoms with Gasteiger partial charge in [0, 0.05) is 27.0 Å². The molecule has 5 nitrogen and oxygen atoms in total. The molecular formula is C20H15Cl3N2O3S. The van der Waals surface area contributed by atoms with Crippen molar-refractivity contribution in [3.05, 3.63) is 86.9 Å².